The number of carbonyl (C=O) groups is 1. The van der Waals surface area contributed by atoms with Gasteiger partial charge in [0.1, 0.15) is 10.6 Å². The highest BCUT2D eigenvalue weighted by Crippen LogP contribution is 2.34. The minimum absolute atomic E-state index is 0.00340. The fraction of sp³-hybridized carbons (Fsp3) is 0.381. The van der Waals surface area contributed by atoms with Crippen molar-refractivity contribution in [1.29, 1.82) is 0 Å². The molecule has 0 radical (unpaired) electrons. The van der Waals surface area contributed by atoms with Crippen LogP contribution in [0.1, 0.15) is 24.6 Å². The maximum atomic E-state index is 12.0. The molecule has 3 heterocycles. The first-order valence-electron chi connectivity index (χ1n) is 9.41. The van der Waals surface area contributed by atoms with Gasteiger partial charge in [0.05, 0.1) is 17.9 Å². The van der Waals surface area contributed by atoms with Gasteiger partial charge in [-0.2, -0.15) is 0 Å². The fourth-order valence-electron chi connectivity index (χ4n) is 3.57. The number of aryl methyl sites for hydroxylation is 1. The summed E-state index contributed by atoms with van der Waals surface area (Å²) in [6, 6.07) is 12.3. The summed E-state index contributed by atoms with van der Waals surface area (Å²) in [5, 5.41) is 1.10. The molecular formula is C21H23N3O2S. The predicted molar refractivity (Wildman–Crippen MR) is 109 cm³/mol. The Morgan fingerprint density at radius 1 is 1.22 bits per heavy atom. The van der Waals surface area contributed by atoms with Crippen molar-refractivity contribution in [2.75, 3.05) is 24.6 Å². The molecule has 27 heavy (non-hydrogen) atoms. The molecule has 0 unspecified atom stereocenters. The number of piperidine rings is 1. The van der Waals surface area contributed by atoms with Crippen molar-refractivity contribution >= 4 is 33.3 Å². The average molecular weight is 382 g/mol. The van der Waals surface area contributed by atoms with Crippen molar-refractivity contribution in [3.63, 3.8) is 0 Å². The summed E-state index contributed by atoms with van der Waals surface area (Å²) in [6.45, 7) is 6.01. The van der Waals surface area contributed by atoms with Gasteiger partial charge in [0.15, 0.2) is 5.82 Å². The van der Waals surface area contributed by atoms with Gasteiger partial charge in [0.25, 0.3) is 0 Å². The monoisotopic (exact) mass is 381 g/mol. The molecule has 0 amide bonds. The van der Waals surface area contributed by atoms with Crippen LogP contribution in [0.4, 0.5) is 5.82 Å². The Labute approximate surface area is 163 Å². The van der Waals surface area contributed by atoms with E-state index in [2.05, 4.69) is 17.9 Å². The number of rotatable bonds is 4. The van der Waals surface area contributed by atoms with Gasteiger partial charge >= 0.3 is 5.97 Å². The van der Waals surface area contributed by atoms with Crippen molar-refractivity contribution < 1.29 is 9.53 Å². The van der Waals surface area contributed by atoms with E-state index in [1.165, 1.54) is 4.88 Å². The van der Waals surface area contributed by atoms with Crippen LogP contribution in [0.15, 0.2) is 36.4 Å². The van der Waals surface area contributed by atoms with Crippen LogP contribution in [-0.4, -0.2) is 35.6 Å². The summed E-state index contributed by atoms with van der Waals surface area (Å²) in [5.74, 6) is 1.66. The standard InChI is InChI=1S/C21H23N3O2S/c1-3-26-21(25)16-9-11-24(12-10-16)19-17-13-14(2)27-20(17)23-18(22-19)15-7-5-4-6-8-15/h4-8,13,16H,3,9-12H2,1-2H3. The van der Waals surface area contributed by atoms with E-state index in [1.54, 1.807) is 11.3 Å². The molecule has 1 aliphatic heterocycles. The second-order valence-electron chi connectivity index (χ2n) is 6.83. The van der Waals surface area contributed by atoms with Gasteiger partial charge < -0.3 is 9.64 Å². The second kappa shape index (κ2) is 7.64. The number of thiophene rings is 1. The minimum atomic E-state index is -0.0682. The number of hydrogen-bond donors (Lipinski definition) is 0. The molecule has 1 saturated heterocycles. The summed E-state index contributed by atoms with van der Waals surface area (Å²) in [5.41, 5.74) is 1.02. The summed E-state index contributed by atoms with van der Waals surface area (Å²) in [7, 11) is 0. The van der Waals surface area contributed by atoms with Crippen LogP contribution in [0, 0.1) is 12.8 Å². The molecule has 3 aromatic rings. The van der Waals surface area contributed by atoms with Gasteiger partial charge in [-0.3, -0.25) is 4.79 Å². The third-order valence-corrected chi connectivity index (χ3v) is 5.89. The Kier molecular flexibility index (Phi) is 5.07. The molecule has 1 aliphatic rings. The Morgan fingerprint density at radius 3 is 2.67 bits per heavy atom. The van der Waals surface area contributed by atoms with Crippen molar-refractivity contribution in [2.45, 2.75) is 26.7 Å². The van der Waals surface area contributed by atoms with E-state index in [1.807, 2.05) is 37.3 Å². The minimum Gasteiger partial charge on any atom is -0.466 e. The number of esters is 1. The van der Waals surface area contributed by atoms with Gasteiger partial charge in [-0.05, 0) is 32.8 Å². The third kappa shape index (κ3) is 3.67. The summed E-state index contributed by atoms with van der Waals surface area (Å²) < 4.78 is 5.19. The molecular weight excluding hydrogens is 358 g/mol. The van der Waals surface area contributed by atoms with Crippen LogP contribution >= 0.6 is 11.3 Å². The SMILES string of the molecule is CCOC(=O)C1CCN(c2nc(-c3ccccc3)nc3sc(C)cc23)CC1. The van der Waals surface area contributed by atoms with E-state index in [9.17, 15) is 4.79 Å². The maximum absolute atomic E-state index is 12.0. The lowest BCUT2D eigenvalue weighted by Gasteiger charge is -2.32. The quantitative estimate of drug-likeness (QED) is 0.625. The second-order valence-corrected chi connectivity index (χ2v) is 8.06. The normalized spacial score (nSPS) is 15.3. The largest absolute Gasteiger partial charge is 0.466 e. The van der Waals surface area contributed by atoms with E-state index in [0.29, 0.717) is 6.61 Å². The van der Waals surface area contributed by atoms with E-state index in [4.69, 9.17) is 14.7 Å². The molecule has 1 fully saturated rings. The van der Waals surface area contributed by atoms with Crippen LogP contribution in [-0.2, 0) is 9.53 Å². The van der Waals surface area contributed by atoms with E-state index in [-0.39, 0.29) is 11.9 Å². The Hall–Kier alpha value is -2.47. The number of anilines is 1. The highest BCUT2D eigenvalue weighted by atomic mass is 32.1. The van der Waals surface area contributed by atoms with Crippen molar-refractivity contribution in [2.24, 2.45) is 5.92 Å². The van der Waals surface area contributed by atoms with E-state index >= 15 is 0 Å². The first kappa shape index (κ1) is 17.9. The average Bonchev–Trinajstić information content (AvgIpc) is 3.08. The molecule has 0 saturated carbocycles. The lowest BCUT2D eigenvalue weighted by Crippen LogP contribution is -2.37. The van der Waals surface area contributed by atoms with E-state index in [0.717, 1.165) is 53.4 Å². The molecule has 2 aromatic heterocycles. The van der Waals surface area contributed by atoms with Gasteiger partial charge in [0, 0.05) is 23.5 Å². The lowest BCUT2D eigenvalue weighted by molar-refractivity contribution is -0.148. The molecule has 0 spiro atoms. The van der Waals surface area contributed by atoms with Crippen LogP contribution in [0.3, 0.4) is 0 Å². The maximum Gasteiger partial charge on any atom is 0.309 e. The lowest BCUT2D eigenvalue weighted by atomic mass is 9.97. The third-order valence-electron chi connectivity index (χ3n) is 4.94. The predicted octanol–water partition coefficient (Wildman–Crippen LogP) is 4.45. The van der Waals surface area contributed by atoms with Crippen molar-refractivity contribution in [3.05, 3.63) is 41.3 Å². The molecule has 4 rings (SSSR count). The zero-order chi connectivity index (χ0) is 18.8. The van der Waals surface area contributed by atoms with Crippen LogP contribution < -0.4 is 4.90 Å². The first-order valence-corrected chi connectivity index (χ1v) is 10.2. The highest BCUT2D eigenvalue weighted by molar-refractivity contribution is 7.18. The number of hydrogen-bond acceptors (Lipinski definition) is 6. The Bertz CT molecular complexity index is 947. The van der Waals surface area contributed by atoms with Gasteiger partial charge in [-0.1, -0.05) is 30.3 Å². The Morgan fingerprint density at radius 2 is 1.96 bits per heavy atom. The smallest absolute Gasteiger partial charge is 0.309 e. The zero-order valence-electron chi connectivity index (χ0n) is 15.6. The van der Waals surface area contributed by atoms with Gasteiger partial charge in [-0.15, -0.1) is 11.3 Å². The molecule has 0 atom stereocenters. The highest BCUT2D eigenvalue weighted by Gasteiger charge is 2.28. The number of benzene rings is 1. The number of aromatic nitrogens is 2. The van der Waals surface area contributed by atoms with Crippen molar-refractivity contribution in [3.8, 4) is 11.4 Å². The topological polar surface area (TPSA) is 55.3 Å². The summed E-state index contributed by atoms with van der Waals surface area (Å²) >= 11 is 1.70. The van der Waals surface area contributed by atoms with Crippen LogP contribution in [0.2, 0.25) is 0 Å². The van der Waals surface area contributed by atoms with Crippen LogP contribution in [0.5, 0.6) is 0 Å². The molecule has 5 nitrogen and oxygen atoms in total. The molecule has 1 aromatic carbocycles. The van der Waals surface area contributed by atoms with Gasteiger partial charge in [0.2, 0.25) is 0 Å². The summed E-state index contributed by atoms with van der Waals surface area (Å²) in [4.78, 5) is 26.3. The number of carbonyl (C=O) groups excluding carboxylic acids is 1. The molecule has 0 N–H and O–H groups in total. The van der Waals surface area contributed by atoms with E-state index < -0.39 is 0 Å². The molecule has 0 aliphatic carbocycles. The number of fused-ring (bicyclic) bond motifs is 1. The van der Waals surface area contributed by atoms with Crippen LogP contribution in [0.25, 0.3) is 21.6 Å². The molecule has 6 heteroatoms. The first-order chi connectivity index (χ1) is 13.2. The zero-order valence-corrected chi connectivity index (χ0v) is 16.5. The molecule has 0 bridgehead atoms. The van der Waals surface area contributed by atoms with Gasteiger partial charge in [-0.25, -0.2) is 9.97 Å². The fourth-order valence-corrected chi connectivity index (χ4v) is 4.45. The summed E-state index contributed by atoms with van der Waals surface area (Å²) in [6.07, 6.45) is 1.60. The Balaban J connectivity index is 1.66. The number of nitrogens with zero attached hydrogens (tertiary/aromatic N) is 3. The van der Waals surface area contributed by atoms with Crippen molar-refractivity contribution in [1.82, 2.24) is 9.97 Å². The molecule has 140 valence electrons. The number of ether oxygens (including phenoxy) is 1.